The summed E-state index contributed by atoms with van der Waals surface area (Å²) < 4.78 is 4.71. The SMILES string of the molecule is CCCCC(CCC)Nc1cc(C(=O)OC)ccn1. The van der Waals surface area contributed by atoms with Gasteiger partial charge < -0.3 is 10.1 Å². The number of anilines is 1. The van der Waals surface area contributed by atoms with Gasteiger partial charge in [0, 0.05) is 12.2 Å². The quantitative estimate of drug-likeness (QED) is 0.728. The number of nitrogens with one attached hydrogen (secondary N) is 1. The van der Waals surface area contributed by atoms with E-state index < -0.39 is 0 Å². The third-order valence-corrected chi connectivity index (χ3v) is 3.08. The predicted molar refractivity (Wildman–Crippen MR) is 77.4 cm³/mol. The topological polar surface area (TPSA) is 51.2 Å². The van der Waals surface area contributed by atoms with Gasteiger partial charge in [0.15, 0.2) is 0 Å². The Morgan fingerprint density at radius 2 is 2.16 bits per heavy atom. The normalized spacial score (nSPS) is 11.9. The van der Waals surface area contributed by atoms with Gasteiger partial charge in [-0.15, -0.1) is 0 Å². The Labute approximate surface area is 115 Å². The summed E-state index contributed by atoms with van der Waals surface area (Å²) in [7, 11) is 1.39. The minimum absolute atomic E-state index is 0.328. The number of pyridine rings is 1. The van der Waals surface area contributed by atoms with Gasteiger partial charge >= 0.3 is 5.97 Å². The van der Waals surface area contributed by atoms with E-state index in [1.54, 1.807) is 18.3 Å². The van der Waals surface area contributed by atoms with Crippen LogP contribution < -0.4 is 5.32 Å². The van der Waals surface area contributed by atoms with Crippen LogP contribution in [0.15, 0.2) is 18.3 Å². The highest BCUT2D eigenvalue weighted by Crippen LogP contribution is 2.15. The molecule has 4 nitrogen and oxygen atoms in total. The minimum atomic E-state index is -0.328. The summed E-state index contributed by atoms with van der Waals surface area (Å²) in [5.41, 5.74) is 0.533. The highest BCUT2D eigenvalue weighted by Gasteiger charge is 2.10. The van der Waals surface area contributed by atoms with Gasteiger partial charge in [0.2, 0.25) is 0 Å². The lowest BCUT2D eigenvalue weighted by molar-refractivity contribution is 0.0600. The average Bonchev–Trinajstić information content (AvgIpc) is 2.44. The number of esters is 1. The van der Waals surface area contributed by atoms with Crippen LogP contribution in [-0.4, -0.2) is 24.1 Å². The second-order valence-corrected chi connectivity index (χ2v) is 4.69. The van der Waals surface area contributed by atoms with Crippen molar-refractivity contribution >= 4 is 11.8 Å². The van der Waals surface area contributed by atoms with E-state index in [0.29, 0.717) is 11.6 Å². The van der Waals surface area contributed by atoms with Gasteiger partial charge in [-0.2, -0.15) is 0 Å². The number of carbonyl (C=O) groups is 1. The van der Waals surface area contributed by atoms with E-state index >= 15 is 0 Å². The Balaban J connectivity index is 2.69. The maximum Gasteiger partial charge on any atom is 0.338 e. The van der Waals surface area contributed by atoms with Crippen molar-refractivity contribution in [3.8, 4) is 0 Å². The van der Waals surface area contributed by atoms with E-state index in [0.717, 1.165) is 25.1 Å². The first kappa shape index (κ1) is 15.5. The Kier molecular flexibility index (Phi) is 6.93. The van der Waals surface area contributed by atoms with Crippen molar-refractivity contribution in [3.63, 3.8) is 0 Å². The third-order valence-electron chi connectivity index (χ3n) is 3.08. The van der Waals surface area contributed by atoms with Crippen LogP contribution in [0.2, 0.25) is 0 Å². The van der Waals surface area contributed by atoms with Crippen molar-refractivity contribution in [2.75, 3.05) is 12.4 Å². The number of methoxy groups -OCH3 is 1. The molecular weight excluding hydrogens is 240 g/mol. The van der Waals surface area contributed by atoms with Gasteiger partial charge in [-0.1, -0.05) is 33.1 Å². The van der Waals surface area contributed by atoms with Crippen LogP contribution >= 0.6 is 0 Å². The first-order valence-corrected chi connectivity index (χ1v) is 7.02. The molecule has 1 unspecified atom stereocenters. The van der Waals surface area contributed by atoms with E-state index in [-0.39, 0.29) is 5.97 Å². The van der Waals surface area contributed by atoms with Gasteiger partial charge in [-0.05, 0) is 25.0 Å². The second kappa shape index (κ2) is 8.51. The molecule has 19 heavy (non-hydrogen) atoms. The molecule has 0 saturated heterocycles. The summed E-state index contributed by atoms with van der Waals surface area (Å²) in [5, 5.41) is 3.42. The fourth-order valence-corrected chi connectivity index (χ4v) is 2.05. The average molecular weight is 264 g/mol. The summed E-state index contributed by atoms with van der Waals surface area (Å²) >= 11 is 0. The molecular formula is C15H24N2O2. The number of unbranched alkanes of at least 4 members (excludes halogenated alkanes) is 1. The van der Waals surface area contributed by atoms with Crippen LogP contribution in [0, 0.1) is 0 Å². The lowest BCUT2D eigenvalue weighted by Crippen LogP contribution is -2.20. The number of aromatic nitrogens is 1. The summed E-state index contributed by atoms with van der Waals surface area (Å²) in [4.78, 5) is 15.7. The molecule has 0 radical (unpaired) electrons. The molecule has 1 heterocycles. The number of rotatable bonds is 8. The molecule has 0 spiro atoms. The summed E-state index contributed by atoms with van der Waals surface area (Å²) in [5.74, 6) is 0.420. The number of hydrogen-bond donors (Lipinski definition) is 1. The molecule has 1 N–H and O–H groups in total. The van der Waals surface area contributed by atoms with Crippen LogP contribution in [0.3, 0.4) is 0 Å². The molecule has 0 bridgehead atoms. The van der Waals surface area contributed by atoms with E-state index in [9.17, 15) is 4.79 Å². The third kappa shape index (κ3) is 5.28. The van der Waals surface area contributed by atoms with Gasteiger partial charge in [0.1, 0.15) is 5.82 Å². The van der Waals surface area contributed by atoms with Gasteiger partial charge in [-0.25, -0.2) is 9.78 Å². The molecule has 1 rings (SSSR count). The smallest absolute Gasteiger partial charge is 0.338 e. The van der Waals surface area contributed by atoms with Crippen LogP contribution in [-0.2, 0) is 4.74 Å². The molecule has 0 amide bonds. The first-order valence-electron chi connectivity index (χ1n) is 7.02. The number of carbonyl (C=O) groups excluding carboxylic acids is 1. The maximum absolute atomic E-state index is 11.5. The van der Waals surface area contributed by atoms with Crippen LogP contribution in [0.1, 0.15) is 56.3 Å². The first-order chi connectivity index (χ1) is 9.21. The maximum atomic E-state index is 11.5. The van der Waals surface area contributed by atoms with Gasteiger partial charge in [0.25, 0.3) is 0 Å². The Morgan fingerprint density at radius 3 is 2.79 bits per heavy atom. The fraction of sp³-hybridized carbons (Fsp3) is 0.600. The number of ether oxygens (including phenoxy) is 1. The highest BCUT2D eigenvalue weighted by molar-refractivity contribution is 5.89. The molecule has 1 atom stereocenters. The summed E-state index contributed by atoms with van der Waals surface area (Å²) in [6.07, 6.45) is 7.42. The minimum Gasteiger partial charge on any atom is -0.465 e. The standard InChI is InChI=1S/C15H24N2O2/c1-4-6-8-13(7-5-2)17-14-11-12(9-10-16-14)15(18)19-3/h9-11,13H,4-8H2,1-3H3,(H,16,17). The molecule has 0 fully saturated rings. The van der Waals surface area contributed by atoms with Crippen molar-refractivity contribution in [2.45, 2.75) is 52.0 Å². The molecule has 1 aromatic heterocycles. The summed E-state index contributed by atoms with van der Waals surface area (Å²) in [6, 6.07) is 3.84. The number of nitrogens with zero attached hydrogens (tertiary/aromatic N) is 1. The summed E-state index contributed by atoms with van der Waals surface area (Å²) in [6.45, 7) is 4.37. The lowest BCUT2D eigenvalue weighted by Gasteiger charge is -2.18. The monoisotopic (exact) mass is 264 g/mol. The zero-order valence-corrected chi connectivity index (χ0v) is 12.1. The Morgan fingerprint density at radius 1 is 1.37 bits per heavy atom. The van der Waals surface area contributed by atoms with E-state index in [4.69, 9.17) is 4.74 Å². The van der Waals surface area contributed by atoms with Crippen LogP contribution in [0.4, 0.5) is 5.82 Å². The zero-order chi connectivity index (χ0) is 14.1. The van der Waals surface area contributed by atoms with E-state index in [1.807, 2.05) is 0 Å². The Hall–Kier alpha value is -1.58. The number of hydrogen-bond acceptors (Lipinski definition) is 4. The molecule has 0 aliphatic heterocycles. The van der Waals surface area contributed by atoms with Crippen molar-refractivity contribution in [3.05, 3.63) is 23.9 Å². The lowest BCUT2D eigenvalue weighted by atomic mass is 10.1. The van der Waals surface area contributed by atoms with E-state index in [1.165, 1.54) is 20.0 Å². The van der Waals surface area contributed by atoms with Crippen molar-refractivity contribution < 1.29 is 9.53 Å². The van der Waals surface area contributed by atoms with Gasteiger partial charge in [-0.3, -0.25) is 0 Å². The molecule has 1 aromatic rings. The van der Waals surface area contributed by atoms with Crippen molar-refractivity contribution in [2.24, 2.45) is 0 Å². The molecule has 0 aliphatic carbocycles. The van der Waals surface area contributed by atoms with Crippen LogP contribution in [0.25, 0.3) is 0 Å². The van der Waals surface area contributed by atoms with Crippen molar-refractivity contribution in [1.29, 1.82) is 0 Å². The van der Waals surface area contributed by atoms with Crippen LogP contribution in [0.5, 0.6) is 0 Å². The highest BCUT2D eigenvalue weighted by atomic mass is 16.5. The fourth-order valence-electron chi connectivity index (χ4n) is 2.05. The zero-order valence-electron chi connectivity index (χ0n) is 12.1. The molecule has 4 heteroatoms. The van der Waals surface area contributed by atoms with Gasteiger partial charge in [0.05, 0.1) is 12.7 Å². The largest absolute Gasteiger partial charge is 0.465 e. The predicted octanol–water partition coefficient (Wildman–Crippen LogP) is 3.64. The molecule has 0 aliphatic rings. The Bertz CT molecular complexity index is 393. The molecule has 0 aromatic carbocycles. The second-order valence-electron chi connectivity index (χ2n) is 4.69. The van der Waals surface area contributed by atoms with Crippen molar-refractivity contribution in [1.82, 2.24) is 4.98 Å². The molecule has 0 saturated carbocycles. The van der Waals surface area contributed by atoms with E-state index in [2.05, 4.69) is 24.1 Å². The molecule has 106 valence electrons.